The summed E-state index contributed by atoms with van der Waals surface area (Å²) >= 11 is 1.08. The zero-order valence-electron chi connectivity index (χ0n) is 9.46. The highest BCUT2D eigenvalue weighted by molar-refractivity contribution is 7.18. The van der Waals surface area contributed by atoms with Crippen LogP contribution in [-0.4, -0.2) is 49.3 Å². The summed E-state index contributed by atoms with van der Waals surface area (Å²) in [6, 6.07) is 0. The van der Waals surface area contributed by atoms with Crippen molar-refractivity contribution in [1.29, 1.82) is 0 Å². The van der Waals surface area contributed by atoms with Gasteiger partial charge in [0.25, 0.3) is 0 Å². The third-order valence-electron chi connectivity index (χ3n) is 2.47. The molecule has 2 heterocycles. The molecule has 1 unspecified atom stereocenters. The number of morpholine rings is 1. The number of nitrogens with one attached hydrogen (secondary N) is 1. The molecule has 1 aromatic heterocycles. The first kappa shape index (κ1) is 12.2. The predicted molar refractivity (Wildman–Crippen MR) is 64.6 cm³/mol. The minimum Gasteiger partial charge on any atom is -0.374 e. The average Bonchev–Trinajstić information content (AvgIpc) is 2.79. The summed E-state index contributed by atoms with van der Waals surface area (Å²) in [4.78, 5) is 16.0. The van der Waals surface area contributed by atoms with Gasteiger partial charge in [0, 0.05) is 26.7 Å². The van der Waals surface area contributed by atoms with Crippen molar-refractivity contribution in [1.82, 2.24) is 10.3 Å². The molecule has 2 rings (SSSR count). The van der Waals surface area contributed by atoms with Crippen LogP contribution < -0.4 is 10.2 Å². The first-order valence-electron chi connectivity index (χ1n) is 5.30. The second-order valence-corrected chi connectivity index (χ2v) is 4.80. The number of nitro groups is 1. The maximum atomic E-state index is 10.5. The number of nitrogens with zero attached hydrogens (tertiary/aromatic N) is 3. The molecule has 0 saturated carbocycles. The summed E-state index contributed by atoms with van der Waals surface area (Å²) < 4.78 is 5.56. The second kappa shape index (κ2) is 5.39. The first-order chi connectivity index (χ1) is 8.16. The molecule has 0 aromatic carbocycles. The lowest BCUT2D eigenvalue weighted by Gasteiger charge is -2.27. The molecule has 1 aliphatic rings. The van der Waals surface area contributed by atoms with Crippen LogP contribution >= 0.6 is 11.3 Å². The van der Waals surface area contributed by atoms with Gasteiger partial charge in [0.05, 0.1) is 17.6 Å². The fraction of sp³-hybridized carbons (Fsp3) is 0.667. The van der Waals surface area contributed by atoms with Crippen molar-refractivity contribution in [2.45, 2.75) is 6.10 Å². The van der Waals surface area contributed by atoms with Crippen LogP contribution in [0, 0.1) is 10.1 Å². The molecule has 1 N–H and O–H groups in total. The Kier molecular flexibility index (Phi) is 3.87. The molecule has 0 amide bonds. The zero-order valence-corrected chi connectivity index (χ0v) is 10.3. The highest BCUT2D eigenvalue weighted by Crippen LogP contribution is 2.27. The number of hydrogen-bond donors (Lipinski definition) is 1. The third kappa shape index (κ3) is 3.11. The standard InChI is InChI=1S/C9H14N4O3S/c1-12(6-7-4-10-2-3-16-7)9-11-5-8(17-9)13(14)15/h5,7,10H,2-4,6H2,1H3. The van der Waals surface area contributed by atoms with Crippen LogP contribution in [0.15, 0.2) is 6.20 Å². The molecule has 0 radical (unpaired) electrons. The van der Waals surface area contributed by atoms with Gasteiger partial charge < -0.3 is 15.0 Å². The van der Waals surface area contributed by atoms with Crippen molar-refractivity contribution < 1.29 is 9.66 Å². The van der Waals surface area contributed by atoms with E-state index in [1.807, 2.05) is 11.9 Å². The van der Waals surface area contributed by atoms with E-state index in [0.717, 1.165) is 24.4 Å². The lowest BCUT2D eigenvalue weighted by atomic mass is 10.3. The van der Waals surface area contributed by atoms with Crippen molar-refractivity contribution in [3.63, 3.8) is 0 Å². The molecule has 7 nitrogen and oxygen atoms in total. The van der Waals surface area contributed by atoms with Gasteiger partial charge in [-0.3, -0.25) is 10.1 Å². The molecule has 0 spiro atoms. The van der Waals surface area contributed by atoms with E-state index in [1.165, 1.54) is 6.20 Å². The molecule has 1 aromatic rings. The van der Waals surface area contributed by atoms with E-state index in [2.05, 4.69) is 10.3 Å². The highest BCUT2D eigenvalue weighted by Gasteiger charge is 2.19. The minimum atomic E-state index is -0.423. The Labute approximate surface area is 103 Å². The monoisotopic (exact) mass is 258 g/mol. The summed E-state index contributed by atoms with van der Waals surface area (Å²) in [7, 11) is 1.86. The Balaban J connectivity index is 1.93. The van der Waals surface area contributed by atoms with E-state index in [1.54, 1.807) is 0 Å². The van der Waals surface area contributed by atoms with E-state index in [-0.39, 0.29) is 11.1 Å². The number of anilines is 1. The Hall–Kier alpha value is -1.25. The maximum Gasteiger partial charge on any atom is 0.345 e. The molecule has 1 atom stereocenters. The molecule has 1 saturated heterocycles. The number of likely N-dealkylation sites (N-methyl/N-ethyl adjacent to an activating group) is 1. The van der Waals surface area contributed by atoms with Gasteiger partial charge in [-0.15, -0.1) is 0 Å². The Morgan fingerprint density at radius 2 is 2.65 bits per heavy atom. The van der Waals surface area contributed by atoms with Crippen molar-refractivity contribution in [3.05, 3.63) is 16.3 Å². The van der Waals surface area contributed by atoms with Crippen LogP contribution in [0.2, 0.25) is 0 Å². The van der Waals surface area contributed by atoms with Crippen LogP contribution in [0.1, 0.15) is 0 Å². The fourth-order valence-corrected chi connectivity index (χ4v) is 2.34. The summed E-state index contributed by atoms with van der Waals surface area (Å²) in [6.45, 7) is 3.06. The van der Waals surface area contributed by atoms with Crippen LogP contribution in [0.25, 0.3) is 0 Å². The minimum absolute atomic E-state index is 0.0644. The van der Waals surface area contributed by atoms with Gasteiger partial charge >= 0.3 is 5.00 Å². The molecular weight excluding hydrogens is 244 g/mol. The number of ether oxygens (including phenoxy) is 1. The summed E-state index contributed by atoms with van der Waals surface area (Å²) in [5.74, 6) is 0. The van der Waals surface area contributed by atoms with Gasteiger partial charge in [-0.25, -0.2) is 4.98 Å². The lowest BCUT2D eigenvalue weighted by Crippen LogP contribution is -2.44. The van der Waals surface area contributed by atoms with Gasteiger partial charge in [-0.1, -0.05) is 0 Å². The summed E-state index contributed by atoms with van der Waals surface area (Å²) in [5, 5.41) is 14.5. The van der Waals surface area contributed by atoms with Gasteiger partial charge in [0.1, 0.15) is 6.20 Å². The van der Waals surface area contributed by atoms with E-state index in [4.69, 9.17) is 4.74 Å². The number of hydrogen-bond acceptors (Lipinski definition) is 7. The van der Waals surface area contributed by atoms with Gasteiger partial charge in [0.15, 0.2) is 5.13 Å². The number of rotatable bonds is 4. The van der Waals surface area contributed by atoms with Crippen molar-refractivity contribution in [2.75, 3.05) is 38.2 Å². The van der Waals surface area contributed by atoms with E-state index >= 15 is 0 Å². The molecule has 0 aliphatic carbocycles. The molecule has 94 valence electrons. The highest BCUT2D eigenvalue weighted by atomic mass is 32.1. The number of thiazole rings is 1. The quantitative estimate of drug-likeness (QED) is 0.625. The summed E-state index contributed by atoms with van der Waals surface area (Å²) in [5.41, 5.74) is 0. The van der Waals surface area contributed by atoms with Crippen molar-refractivity contribution in [2.24, 2.45) is 0 Å². The van der Waals surface area contributed by atoms with Crippen molar-refractivity contribution >= 4 is 21.5 Å². The SMILES string of the molecule is CN(CC1CNCCO1)c1ncc([N+](=O)[O-])s1. The lowest BCUT2D eigenvalue weighted by molar-refractivity contribution is -0.380. The molecule has 1 fully saturated rings. The zero-order chi connectivity index (χ0) is 12.3. The summed E-state index contributed by atoms with van der Waals surface area (Å²) in [6.07, 6.45) is 1.40. The first-order valence-corrected chi connectivity index (χ1v) is 6.12. The Morgan fingerprint density at radius 1 is 1.82 bits per heavy atom. The van der Waals surface area contributed by atoms with Crippen LogP contribution in [-0.2, 0) is 4.74 Å². The molecule has 1 aliphatic heterocycles. The van der Waals surface area contributed by atoms with Gasteiger partial charge in [-0.05, 0) is 11.3 Å². The smallest absolute Gasteiger partial charge is 0.345 e. The van der Waals surface area contributed by atoms with Crippen LogP contribution in [0.4, 0.5) is 10.1 Å². The maximum absolute atomic E-state index is 10.5. The van der Waals surface area contributed by atoms with E-state index < -0.39 is 4.92 Å². The second-order valence-electron chi connectivity index (χ2n) is 3.82. The van der Waals surface area contributed by atoms with Gasteiger partial charge in [0.2, 0.25) is 0 Å². The van der Waals surface area contributed by atoms with E-state index in [9.17, 15) is 10.1 Å². The topological polar surface area (TPSA) is 80.5 Å². The number of aromatic nitrogens is 1. The fourth-order valence-electron chi connectivity index (χ4n) is 1.64. The van der Waals surface area contributed by atoms with E-state index in [0.29, 0.717) is 18.3 Å². The Morgan fingerprint density at radius 3 is 3.24 bits per heavy atom. The largest absolute Gasteiger partial charge is 0.374 e. The Bertz CT molecular complexity index is 391. The van der Waals surface area contributed by atoms with Gasteiger partial charge in [-0.2, -0.15) is 0 Å². The normalized spacial score (nSPS) is 20.2. The van der Waals surface area contributed by atoms with Crippen LogP contribution in [0.5, 0.6) is 0 Å². The molecule has 17 heavy (non-hydrogen) atoms. The average molecular weight is 258 g/mol. The predicted octanol–water partition coefficient (Wildman–Crippen LogP) is 0.476. The third-order valence-corrected chi connectivity index (χ3v) is 3.53. The molecular formula is C9H14N4O3S. The molecule has 0 bridgehead atoms. The van der Waals surface area contributed by atoms with Crippen molar-refractivity contribution in [3.8, 4) is 0 Å². The van der Waals surface area contributed by atoms with Crippen LogP contribution in [0.3, 0.4) is 0 Å². The molecule has 8 heteroatoms.